The number of benzene rings is 1. The molecular weight excluding hydrogens is 334 g/mol. The zero-order chi connectivity index (χ0) is 18.5. The number of rotatable bonds is 6. The number of ether oxygens (including phenoxy) is 1. The number of nitrogens with zero attached hydrogens (tertiary/aromatic N) is 3. The SMILES string of the molecule is CN1CCN(Cc2ccc(-c3ccc(COC4CCCC4)cc3)nc2)CC1. The lowest BCUT2D eigenvalue weighted by Crippen LogP contribution is -2.43. The first-order chi connectivity index (χ1) is 13.3. The molecule has 1 aromatic carbocycles. The predicted octanol–water partition coefficient (Wildman–Crippen LogP) is 3.96. The summed E-state index contributed by atoms with van der Waals surface area (Å²) in [6.45, 7) is 6.32. The summed E-state index contributed by atoms with van der Waals surface area (Å²) in [6.07, 6.45) is 7.59. The van der Waals surface area contributed by atoms with Gasteiger partial charge in [0.1, 0.15) is 0 Å². The summed E-state index contributed by atoms with van der Waals surface area (Å²) in [5.74, 6) is 0. The van der Waals surface area contributed by atoms with Gasteiger partial charge in [-0.1, -0.05) is 43.2 Å². The highest BCUT2D eigenvalue weighted by molar-refractivity contribution is 5.59. The van der Waals surface area contributed by atoms with Crippen LogP contribution in [0.25, 0.3) is 11.3 Å². The van der Waals surface area contributed by atoms with Crippen molar-refractivity contribution in [3.63, 3.8) is 0 Å². The van der Waals surface area contributed by atoms with Crippen LogP contribution in [0.2, 0.25) is 0 Å². The van der Waals surface area contributed by atoms with Crippen molar-refractivity contribution in [1.29, 1.82) is 0 Å². The minimum absolute atomic E-state index is 0.471. The fraction of sp³-hybridized carbons (Fsp3) is 0.522. The molecule has 4 rings (SSSR count). The van der Waals surface area contributed by atoms with Crippen molar-refractivity contribution in [3.8, 4) is 11.3 Å². The molecular formula is C23H31N3O. The molecule has 1 saturated carbocycles. The van der Waals surface area contributed by atoms with Gasteiger partial charge in [0.25, 0.3) is 0 Å². The largest absolute Gasteiger partial charge is 0.374 e. The van der Waals surface area contributed by atoms with Crippen LogP contribution >= 0.6 is 0 Å². The van der Waals surface area contributed by atoms with E-state index in [-0.39, 0.29) is 0 Å². The molecule has 2 heterocycles. The molecule has 4 nitrogen and oxygen atoms in total. The molecule has 1 aliphatic carbocycles. The van der Waals surface area contributed by atoms with Gasteiger partial charge in [0.2, 0.25) is 0 Å². The summed E-state index contributed by atoms with van der Waals surface area (Å²) in [5, 5.41) is 0. The molecule has 27 heavy (non-hydrogen) atoms. The van der Waals surface area contributed by atoms with Crippen molar-refractivity contribution in [1.82, 2.24) is 14.8 Å². The number of hydrogen-bond acceptors (Lipinski definition) is 4. The number of pyridine rings is 1. The average molecular weight is 366 g/mol. The molecule has 2 aliphatic rings. The monoisotopic (exact) mass is 365 g/mol. The van der Waals surface area contributed by atoms with Gasteiger partial charge >= 0.3 is 0 Å². The molecule has 0 unspecified atom stereocenters. The quantitative estimate of drug-likeness (QED) is 0.775. The molecule has 2 aromatic rings. The summed E-state index contributed by atoms with van der Waals surface area (Å²) >= 11 is 0. The van der Waals surface area contributed by atoms with Crippen molar-refractivity contribution in [2.45, 2.75) is 44.9 Å². The average Bonchev–Trinajstić information content (AvgIpc) is 3.23. The Morgan fingerprint density at radius 3 is 2.30 bits per heavy atom. The van der Waals surface area contributed by atoms with E-state index in [0.29, 0.717) is 6.10 Å². The second-order valence-corrected chi connectivity index (χ2v) is 8.05. The summed E-state index contributed by atoms with van der Waals surface area (Å²) in [5.41, 5.74) is 4.76. The Morgan fingerprint density at radius 2 is 1.63 bits per heavy atom. The number of hydrogen-bond donors (Lipinski definition) is 0. The van der Waals surface area contributed by atoms with Gasteiger partial charge in [-0.3, -0.25) is 9.88 Å². The second kappa shape index (κ2) is 8.96. The molecule has 1 saturated heterocycles. The van der Waals surface area contributed by atoms with Crippen LogP contribution < -0.4 is 0 Å². The first-order valence-electron chi connectivity index (χ1n) is 10.3. The van der Waals surface area contributed by atoms with Crippen molar-refractivity contribution < 1.29 is 4.74 Å². The molecule has 4 heteroatoms. The maximum atomic E-state index is 6.01. The third kappa shape index (κ3) is 5.16. The van der Waals surface area contributed by atoms with E-state index in [9.17, 15) is 0 Å². The Morgan fingerprint density at radius 1 is 0.926 bits per heavy atom. The zero-order valence-electron chi connectivity index (χ0n) is 16.4. The van der Waals surface area contributed by atoms with Gasteiger partial charge in [-0.15, -0.1) is 0 Å². The minimum atomic E-state index is 0.471. The van der Waals surface area contributed by atoms with Gasteiger partial charge in [0.05, 0.1) is 18.4 Å². The number of piperazine rings is 1. The Kier molecular flexibility index (Phi) is 6.17. The molecule has 0 bridgehead atoms. The molecule has 0 spiro atoms. The fourth-order valence-corrected chi connectivity index (χ4v) is 3.99. The molecule has 1 aliphatic heterocycles. The lowest BCUT2D eigenvalue weighted by atomic mass is 10.1. The second-order valence-electron chi connectivity index (χ2n) is 8.05. The standard InChI is InChI=1S/C23H31N3O/c1-25-12-14-26(15-13-25)17-20-8-11-23(24-16-20)21-9-6-19(7-10-21)18-27-22-4-2-3-5-22/h6-11,16,22H,2-5,12-15,17-18H2,1H3. The summed E-state index contributed by atoms with van der Waals surface area (Å²) in [4.78, 5) is 9.60. The van der Waals surface area contributed by atoms with Gasteiger partial charge in [-0.2, -0.15) is 0 Å². The highest BCUT2D eigenvalue weighted by Gasteiger charge is 2.15. The van der Waals surface area contributed by atoms with Gasteiger partial charge < -0.3 is 9.64 Å². The Labute approximate surface area is 163 Å². The van der Waals surface area contributed by atoms with Gasteiger partial charge in [-0.05, 0) is 37.1 Å². The van der Waals surface area contributed by atoms with E-state index in [2.05, 4.69) is 53.2 Å². The van der Waals surface area contributed by atoms with Crippen LogP contribution in [-0.2, 0) is 17.9 Å². The van der Waals surface area contributed by atoms with Crippen LogP contribution in [0.15, 0.2) is 42.6 Å². The number of likely N-dealkylation sites (N-methyl/N-ethyl adjacent to an activating group) is 1. The van der Waals surface area contributed by atoms with Crippen LogP contribution in [0.4, 0.5) is 0 Å². The van der Waals surface area contributed by atoms with Crippen molar-refractivity contribution in [2.75, 3.05) is 33.2 Å². The summed E-state index contributed by atoms with van der Waals surface area (Å²) in [6, 6.07) is 13.0. The molecule has 144 valence electrons. The highest BCUT2D eigenvalue weighted by atomic mass is 16.5. The third-order valence-corrected chi connectivity index (χ3v) is 5.86. The maximum absolute atomic E-state index is 6.01. The van der Waals surface area contributed by atoms with Gasteiger partial charge in [-0.25, -0.2) is 0 Å². The lowest BCUT2D eigenvalue weighted by Gasteiger charge is -2.32. The van der Waals surface area contributed by atoms with Crippen LogP contribution in [0.1, 0.15) is 36.8 Å². The summed E-state index contributed by atoms with van der Waals surface area (Å²) in [7, 11) is 2.19. The van der Waals surface area contributed by atoms with Crippen molar-refractivity contribution >= 4 is 0 Å². The van der Waals surface area contributed by atoms with Crippen LogP contribution in [0, 0.1) is 0 Å². The first-order valence-corrected chi connectivity index (χ1v) is 10.3. The van der Waals surface area contributed by atoms with Crippen molar-refractivity contribution in [2.24, 2.45) is 0 Å². The maximum Gasteiger partial charge on any atom is 0.0720 e. The molecule has 0 radical (unpaired) electrons. The van der Waals surface area contributed by atoms with E-state index in [1.165, 1.54) is 42.4 Å². The molecule has 0 amide bonds. The van der Waals surface area contributed by atoms with Crippen LogP contribution in [-0.4, -0.2) is 54.1 Å². The van der Waals surface area contributed by atoms with Gasteiger partial charge in [0.15, 0.2) is 0 Å². The fourth-order valence-electron chi connectivity index (χ4n) is 3.99. The molecule has 2 fully saturated rings. The molecule has 0 atom stereocenters. The lowest BCUT2D eigenvalue weighted by molar-refractivity contribution is 0.0457. The first kappa shape index (κ1) is 18.6. The van der Waals surface area contributed by atoms with Crippen LogP contribution in [0.5, 0.6) is 0 Å². The Balaban J connectivity index is 1.31. The van der Waals surface area contributed by atoms with Gasteiger partial charge in [0, 0.05) is 44.5 Å². The van der Waals surface area contributed by atoms with E-state index in [1.54, 1.807) is 0 Å². The van der Waals surface area contributed by atoms with E-state index in [4.69, 9.17) is 9.72 Å². The minimum Gasteiger partial charge on any atom is -0.374 e. The number of aromatic nitrogens is 1. The van der Waals surface area contributed by atoms with Crippen LogP contribution in [0.3, 0.4) is 0 Å². The zero-order valence-corrected chi connectivity index (χ0v) is 16.4. The van der Waals surface area contributed by atoms with E-state index in [1.807, 2.05) is 6.20 Å². The van der Waals surface area contributed by atoms with E-state index in [0.717, 1.165) is 45.0 Å². The van der Waals surface area contributed by atoms with E-state index >= 15 is 0 Å². The Hall–Kier alpha value is -1.75. The highest BCUT2D eigenvalue weighted by Crippen LogP contribution is 2.23. The third-order valence-electron chi connectivity index (χ3n) is 5.86. The van der Waals surface area contributed by atoms with Crippen molar-refractivity contribution in [3.05, 3.63) is 53.7 Å². The topological polar surface area (TPSA) is 28.6 Å². The Bertz CT molecular complexity index is 699. The summed E-state index contributed by atoms with van der Waals surface area (Å²) < 4.78 is 6.01. The van der Waals surface area contributed by atoms with E-state index < -0.39 is 0 Å². The predicted molar refractivity (Wildman–Crippen MR) is 109 cm³/mol. The molecule has 1 aromatic heterocycles. The molecule has 0 N–H and O–H groups in total. The normalized spacial score (nSPS) is 19.6. The smallest absolute Gasteiger partial charge is 0.0720 e.